The molecule has 1 aromatic heterocycles. The van der Waals surface area contributed by atoms with Crippen LogP contribution in [0.1, 0.15) is 51.1 Å². The molecule has 2 aliphatic rings. The van der Waals surface area contributed by atoms with E-state index in [1.54, 1.807) is 9.77 Å². The first-order valence-electron chi connectivity index (χ1n) is 6.64. The third-order valence-electron chi connectivity index (χ3n) is 4.25. The normalized spacial score (nSPS) is 30.7. The topological polar surface area (TPSA) is 12.0 Å². The molecule has 1 unspecified atom stereocenters. The fourth-order valence-electron chi connectivity index (χ4n) is 2.87. The summed E-state index contributed by atoms with van der Waals surface area (Å²) in [6.07, 6.45) is 5.53. The molecule has 3 heteroatoms. The van der Waals surface area contributed by atoms with Crippen molar-refractivity contribution in [2.24, 2.45) is 5.41 Å². The molecule has 1 nitrogen and oxygen atoms in total. The van der Waals surface area contributed by atoms with E-state index in [1.807, 2.05) is 11.3 Å². The van der Waals surface area contributed by atoms with Crippen LogP contribution in [0.5, 0.6) is 0 Å². The van der Waals surface area contributed by atoms with Gasteiger partial charge in [-0.2, -0.15) is 0 Å². The lowest BCUT2D eigenvalue weighted by Crippen LogP contribution is -2.39. The molecule has 0 saturated heterocycles. The second-order valence-corrected chi connectivity index (χ2v) is 8.55. The molecule has 1 aliphatic heterocycles. The molecule has 0 radical (unpaired) electrons. The fraction of sp³-hybridized carbons (Fsp3) is 0.714. The average molecular weight is 267 g/mol. The Morgan fingerprint density at radius 1 is 1.47 bits per heavy atom. The molecule has 0 aromatic carbocycles. The molecule has 0 spiro atoms. The maximum absolute atomic E-state index is 3.83. The van der Waals surface area contributed by atoms with Crippen molar-refractivity contribution in [2.75, 3.05) is 6.54 Å². The highest BCUT2D eigenvalue weighted by Crippen LogP contribution is 2.45. The highest BCUT2D eigenvalue weighted by molar-refractivity contribution is 8.01. The Morgan fingerprint density at radius 3 is 3.00 bits per heavy atom. The van der Waals surface area contributed by atoms with E-state index >= 15 is 0 Å². The maximum Gasteiger partial charge on any atom is 0.0649 e. The summed E-state index contributed by atoms with van der Waals surface area (Å²) in [6, 6.07) is 2.92. The minimum atomic E-state index is 0.587. The van der Waals surface area contributed by atoms with Crippen molar-refractivity contribution in [1.29, 1.82) is 0 Å². The molecule has 0 bridgehead atoms. The van der Waals surface area contributed by atoms with Crippen LogP contribution in [0, 0.1) is 5.41 Å². The zero-order chi connectivity index (χ0) is 11.9. The first-order chi connectivity index (χ1) is 8.16. The van der Waals surface area contributed by atoms with E-state index in [4.69, 9.17) is 0 Å². The number of rotatable bonds is 3. The molecule has 17 heavy (non-hydrogen) atoms. The predicted octanol–water partition coefficient (Wildman–Crippen LogP) is 4.45. The molecule has 1 aromatic rings. The van der Waals surface area contributed by atoms with Crippen LogP contribution in [0.15, 0.2) is 15.7 Å². The number of hydrogen-bond acceptors (Lipinski definition) is 3. The summed E-state index contributed by atoms with van der Waals surface area (Å²) >= 11 is 3.96. The summed E-state index contributed by atoms with van der Waals surface area (Å²) in [5.41, 5.74) is 2.14. The van der Waals surface area contributed by atoms with E-state index in [1.165, 1.54) is 32.2 Å². The maximum atomic E-state index is 3.83. The van der Waals surface area contributed by atoms with Crippen molar-refractivity contribution < 1.29 is 0 Å². The molecule has 3 rings (SSSR count). The van der Waals surface area contributed by atoms with E-state index in [-0.39, 0.29) is 0 Å². The summed E-state index contributed by atoms with van der Waals surface area (Å²) in [5, 5.41) is 6.83. The lowest BCUT2D eigenvalue weighted by atomic mass is 9.70. The molecule has 0 amide bonds. The average Bonchev–Trinajstić information content (AvgIpc) is 2.71. The highest BCUT2D eigenvalue weighted by atomic mass is 32.2. The first kappa shape index (κ1) is 12.1. The van der Waals surface area contributed by atoms with Crippen LogP contribution in [-0.4, -0.2) is 11.8 Å². The molecule has 1 N–H and O–H groups in total. The first-order valence-corrected chi connectivity index (χ1v) is 8.40. The van der Waals surface area contributed by atoms with Gasteiger partial charge in [0.2, 0.25) is 0 Å². The smallest absolute Gasteiger partial charge is 0.0649 e. The molecule has 2 atom stereocenters. The van der Waals surface area contributed by atoms with Gasteiger partial charge >= 0.3 is 0 Å². The van der Waals surface area contributed by atoms with Gasteiger partial charge in [0.15, 0.2) is 0 Å². The lowest BCUT2D eigenvalue weighted by molar-refractivity contribution is 0.149. The van der Waals surface area contributed by atoms with Crippen LogP contribution < -0.4 is 5.32 Å². The van der Waals surface area contributed by atoms with E-state index in [0.717, 1.165) is 5.25 Å². The summed E-state index contributed by atoms with van der Waals surface area (Å²) in [5.74, 6) is 0. The van der Waals surface area contributed by atoms with Crippen molar-refractivity contribution in [2.45, 2.75) is 55.0 Å². The van der Waals surface area contributed by atoms with Gasteiger partial charge in [-0.1, -0.05) is 20.3 Å². The molecule has 2 heterocycles. The third kappa shape index (κ3) is 2.42. The van der Waals surface area contributed by atoms with Crippen molar-refractivity contribution in [3.8, 4) is 0 Å². The standard InChI is InChI=1S/C14H21NS2/c1-10-8-12(11-4-7-16-13(11)17-10)15-9-14(2)5-3-6-14/h4,7,10,12,15H,3,5-6,8-9H2,1-2H3/t10-,12?/m0/s1. The lowest BCUT2D eigenvalue weighted by Gasteiger charge is -2.40. The van der Waals surface area contributed by atoms with E-state index in [9.17, 15) is 0 Å². The van der Waals surface area contributed by atoms with Crippen molar-refractivity contribution in [3.63, 3.8) is 0 Å². The van der Waals surface area contributed by atoms with Gasteiger partial charge in [0.25, 0.3) is 0 Å². The van der Waals surface area contributed by atoms with Crippen molar-refractivity contribution in [1.82, 2.24) is 5.32 Å². The molecular weight excluding hydrogens is 246 g/mol. The predicted molar refractivity (Wildman–Crippen MR) is 77.0 cm³/mol. The Labute approximate surface area is 112 Å². The van der Waals surface area contributed by atoms with Gasteiger partial charge in [-0.3, -0.25) is 0 Å². The number of nitrogens with one attached hydrogen (secondary N) is 1. The van der Waals surface area contributed by atoms with Crippen LogP contribution in [0.4, 0.5) is 0 Å². The third-order valence-corrected chi connectivity index (χ3v) is 6.59. The Balaban J connectivity index is 1.67. The van der Waals surface area contributed by atoms with Gasteiger partial charge in [0.05, 0.1) is 4.21 Å². The number of thiophene rings is 1. The monoisotopic (exact) mass is 267 g/mol. The van der Waals surface area contributed by atoms with Gasteiger partial charge in [-0.25, -0.2) is 0 Å². The van der Waals surface area contributed by atoms with Crippen molar-refractivity contribution >= 4 is 23.1 Å². The van der Waals surface area contributed by atoms with Gasteiger partial charge in [0, 0.05) is 17.8 Å². The van der Waals surface area contributed by atoms with E-state index in [2.05, 4.69) is 42.4 Å². The number of thioether (sulfide) groups is 1. The molecular formula is C14H21NS2. The fourth-order valence-corrected chi connectivity index (χ4v) is 5.44. The quantitative estimate of drug-likeness (QED) is 0.868. The molecule has 1 saturated carbocycles. The van der Waals surface area contributed by atoms with E-state index in [0.29, 0.717) is 11.5 Å². The van der Waals surface area contributed by atoms with Crippen LogP contribution in [0.2, 0.25) is 0 Å². The summed E-state index contributed by atoms with van der Waals surface area (Å²) in [7, 11) is 0. The number of fused-ring (bicyclic) bond motifs is 1. The Hall–Kier alpha value is 0.01000. The Bertz CT molecular complexity index is 395. The van der Waals surface area contributed by atoms with Crippen LogP contribution in [-0.2, 0) is 0 Å². The molecule has 1 fully saturated rings. The SMILES string of the molecule is C[C@H]1CC(NCC2(C)CCC2)c2ccsc2S1. The number of hydrogen-bond donors (Lipinski definition) is 1. The summed E-state index contributed by atoms with van der Waals surface area (Å²) < 4.78 is 1.54. The van der Waals surface area contributed by atoms with Gasteiger partial charge in [-0.05, 0) is 41.7 Å². The minimum absolute atomic E-state index is 0.587. The largest absolute Gasteiger partial charge is 0.309 e. The summed E-state index contributed by atoms with van der Waals surface area (Å²) in [4.78, 5) is 0. The summed E-state index contributed by atoms with van der Waals surface area (Å²) in [6.45, 7) is 5.98. The Morgan fingerprint density at radius 2 is 2.29 bits per heavy atom. The second-order valence-electron chi connectivity index (χ2n) is 5.93. The van der Waals surface area contributed by atoms with Crippen LogP contribution in [0.25, 0.3) is 0 Å². The molecule has 1 aliphatic carbocycles. The van der Waals surface area contributed by atoms with Crippen LogP contribution in [0.3, 0.4) is 0 Å². The van der Waals surface area contributed by atoms with E-state index < -0.39 is 0 Å². The Kier molecular flexibility index (Phi) is 3.26. The second kappa shape index (κ2) is 4.60. The zero-order valence-corrected chi connectivity index (χ0v) is 12.3. The van der Waals surface area contributed by atoms with Crippen molar-refractivity contribution in [3.05, 3.63) is 17.0 Å². The van der Waals surface area contributed by atoms with Gasteiger partial charge in [0.1, 0.15) is 0 Å². The molecule has 94 valence electrons. The van der Waals surface area contributed by atoms with Gasteiger partial charge < -0.3 is 5.32 Å². The van der Waals surface area contributed by atoms with Gasteiger partial charge in [-0.15, -0.1) is 23.1 Å². The highest BCUT2D eigenvalue weighted by Gasteiger charge is 2.33. The minimum Gasteiger partial charge on any atom is -0.309 e. The zero-order valence-electron chi connectivity index (χ0n) is 10.7. The van der Waals surface area contributed by atoms with Crippen LogP contribution >= 0.6 is 23.1 Å².